The first-order valence-corrected chi connectivity index (χ1v) is 10.5. The van der Waals surface area contributed by atoms with E-state index in [0.717, 1.165) is 21.3 Å². The van der Waals surface area contributed by atoms with E-state index in [0.29, 0.717) is 16.7 Å². The van der Waals surface area contributed by atoms with Crippen LogP contribution in [0.4, 0.5) is 5.69 Å². The molecule has 1 N–H and O–H groups in total. The summed E-state index contributed by atoms with van der Waals surface area (Å²) in [6, 6.07) is 10.3. The summed E-state index contributed by atoms with van der Waals surface area (Å²) in [6.07, 6.45) is 0. The number of nitrogens with zero attached hydrogens (tertiary/aromatic N) is 1. The number of amides is 1. The second-order valence-electron chi connectivity index (χ2n) is 6.99. The molecule has 2 aromatic heterocycles. The van der Waals surface area contributed by atoms with Crippen molar-refractivity contribution in [3.05, 3.63) is 57.4 Å². The van der Waals surface area contributed by atoms with E-state index in [2.05, 4.69) is 56.2 Å². The van der Waals surface area contributed by atoms with E-state index >= 15 is 0 Å². The molecule has 0 aliphatic carbocycles. The molecular weight excluding hydrogens is 360 g/mol. The number of carbonyl (C=O) groups excluding carboxylic acids is 1. The second-order valence-corrected chi connectivity index (χ2v) is 8.93. The molecule has 0 saturated carbocycles. The zero-order valence-electron chi connectivity index (χ0n) is 15.8. The highest BCUT2D eigenvalue weighted by Gasteiger charge is 2.20. The van der Waals surface area contributed by atoms with Gasteiger partial charge in [-0.25, -0.2) is 4.98 Å². The molecule has 0 atom stereocenters. The van der Waals surface area contributed by atoms with E-state index in [1.807, 2.05) is 24.4 Å². The number of hydrogen-bond acceptors (Lipinski definition) is 4. The Morgan fingerprint density at radius 1 is 1.04 bits per heavy atom. The Labute approximate surface area is 163 Å². The predicted octanol–water partition coefficient (Wildman–Crippen LogP) is 6.68. The number of aryl methyl sites for hydroxylation is 1. The lowest BCUT2D eigenvalue weighted by Crippen LogP contribution is -2.15. The molecule has 0 spiro atoms. The van der Waals surface area contributed by atoms with Crippen LogP contribution in [0.3, 0.4) is 0 Å². The fourth-order valence-corrected chi connectivity index (χ4v) is 4.74. The van der Waals surface area contributed by atoms with E-state index in [4.69, 9.17) is 0 Å². The molecule has 0 aliphatic heterocycles. The van der Waals surface area contributed by atoms with Crippen LogP contribution in [0.25, 0.3) is 9.88 Å². The zero-order chi connectivity index (χ0) is 18.8. The SMILES string of the molecule is Cc1nc(-c2cccs2)sc1C(=O)Nc1c(C(C)C)cccc1C(C)C. The number of hydrogen-bond donors (Lipinski definition) is 1. The fraction of sp³-hybridized carbons (Fsp3) is 0.333. The maximum atomic E-state index is 13.0. The minimum Gasteiger partial charge on any atom is -0.321 e. The van der Waals surface area contributed by atoms with Crippen molar-refractivity contribution in [2.24, 2.45) is 0 Å². The molecule has 0 radical (unpaired) electrons. The number of aromatic nitrogens is 1. The number of benzene rings is 1. The smallest absolute Gasteiger partial charge is 0.267 e. The molecule has 3 aromatic rings. The lowest BCUT2D eigenvalue weighted by Gasteiger charge is -2.20. The zero-order valence-corrected chi connectivity index (χ0v) is 17.4. The van der Waals surface area contributed by atoms with Crippen molar-refractivity contribution in [1.29, 1.82) is 0 Å². The lowest BCUT2D eigenvalue weighted by atomic mass is 9.92. The highest BCUT2D eigenvalue weighted by molar-refractivity contribution is 7.22. The number of anilines is 1. The Hall–Kier alpha value is -1.98. The van der Waals surface area contributed by atoms with Crippen LogP contribution in [-0.2, 0) is 0 Å². The molecule has 0 aliphatic rings. The van der Waals surface area contributed by atoms with E-state index in [-0.39, 0.29) is 5.91 Å². The number of thiazole rings is 1. The summed E-state index contributed by atoms with van der Waals surface area (Å²) < 4.78 is 0. The van der Waals surface area contributed by atoms with E-state index in [1.165, 1.54) is 22.5 Å². The van der Waals surface area contributed by atoms with Crippen molar-refractivity contribution in [2.45, 2.75) is 46.5 Å². The van der Waals surface area contributed by atoms with Crippen LogP contribution in [0.2, 0.25) is 0 Å². The molecule has 3 rings (SSSR count). The molecule has 1 aromatic carbocycles. The van der Waals surface area contributed by atoms with E-state index < -0.39 is 0 Å². The van der Waals surface area contributed by atoms with Gasteiger partial charge >= 0.3 is 0 Å². The largest absolute Gasteiger partial charge is 0.321 e. The van der Waals surface area contributed by atoms with Crippen molar-refractivity contribution in [2.75, 3.05) is 5.32 Å². The molecule has 0 fully saturated rings. The van der Waals surface area contributed by atoms with Gasteiger partial charge in [0, 0.05) is 5.69 Å². The monoisotopic (exact) mass is 384 g/mol. The van der Waals surface area contributed by atoms with Gasteiger partial charge in [-0.3, -0.25) is 4.79 Å². The number of rotatable bonds is 5. The summed E-state index contributed by atoms with van der Waals surface area (Å²) in [6.45, 7) is 10.5. The van der Waals surface area contributed by atoms with Gasteiger partial charge in [0.2, 0.25) is 0 Å². The van der Waals surface area contributed by atoms with Crippen molar-refractivity contribution in [3.8, 4) is 9.88 Å². The Kier molecular flexibility index (Phi) is 5.58. The first kappa shape index (κ1) is 18.8. The third-order valence-corrected chi connectivity index (χ3v) is 6.54. The third-order valence-electron chi connectivity index (χ3n) is 4.35. The minimum absolute atomic E-state index is 0.0715. The first-order chi connectivity index (χ1) is 12.4. The van der Waals surface area contributed by atoms with Gasteiger partial charge in [-0.05, 0) is 41.3 Å². The number of thiophene rings is 1. The van der Waals surface area contributed by atoms with Gasteiger partial charge in [0.15, 0.2) is 0 Å². The first-order valence-electron chi connectivity index (χ1n) is 8.84. The topological polar surface area (TPSA) is 42.0 Å². The van der Waals surface area contributed by atoms with Crippen molar-refractivity contribution in [3.63, 3.8) is 0 Å². The summed E-state index contributed by atoms with van der Waals surface area (Å²) in [5.41, 5.74) is 4.08. The van der Waals surface area contributed by atoms with Crippen LogP contribution in [0.1, 0.15) is 66.0 Å². The van der Waals surface area contributed by atoms with Gasteiger partial charge < -0.3 is 5.32 Å². The van der Waals surface area contributed by atoms with Crippen LogP contribution in [0, 0.1) is 6.92 Å². The average molecular weight is 385 g/mol. The molecule has 2 heterocycles. The lowest BCUT2D eigenvalue weighted by molar-refractivity contribution is 0.102. The number of nitrogens with one attached hydrogen (secondary N) is 1. The maximum absolute atomic E-state index is 13.0. The Balaban J connectivity index is 1.96. The maximum Gasteiger partial charge on any atom is 0.267 e. The molecule has 3 nitrogen and oxygen atoms in total. The Bertz CT molecular complexity index is 882. The Morgan fingerprint density at radius 3 is 2.23 bits per heavy atom. The third kappa shape index (κ3) is 3.74. The summed E-state index contributed by atoms with van der Waals surface area (Å²) in [4.78, 5) is 19.4. The summed E-state index contributed by atoms with van der Waals surface area (Å²) in [5, 5.41) is 6.13. The molecule has 0 bridgehead atoms. The summed E-state index contributed by atoms with van der Waals surface area (Å²) in [5.74, 6) is 0.610. The summed E-state index contributed by atoms with van der Waals surface area (Å²) in [7, 11) is 0. The van der Waals surface area contributed by atoms with Gasteiger partial charge in [0.25, 0.3) is 5.91 Å². The van der Waals surface area contributed by atoms with Crippen LogP contribution < -0.4 is 5.32 Å². The standard InChI is InChI=1S/C21H24N2OS2/c1-12(2)15-8-6-9-16(13(3)4)18(15)23-20(24)19-14(5)22-21(26-19)17-10-7-11-25-17/h6-13H,1-5H3,(H,23,24). The van der Waals surface area contributed by atoms with Crippen LogP contribution in [0.15, 0.2) is 35.7 Å². The molecule has 5 heteroatoms. The predicted molar refractivity (Wildman–Crippen MR) is 113 cm³/mol. The summed E-state index contributed by atoms with van der Waals surface area (Å²) >= 11 is 3.10. The van der Waals surface area contributed by atoms with Gasteiger partial charge in [0.1, 0.15) is 9.88 Å². The molecule has 0 unspecified atom stereocenters. The van der Waals surface area contributed by atoms with Crippen LogP contribution >= 0.6 is 22.7 Å². The average Bonchev–Trinajstić information content (AvgIpc) is 3.23. The van der Waals surface area contributed by atoms with Crippen LogP contribution in [-0.4, -0.2) is 10.9 Å². The molecule has 0 saturated heterocycles. The van der Waals surface area contributed by atoms with Gasteiger partial charge in [-0.2, -0.15) is 0 Å². The van der Waals surface area contributed by atoms with E-state index in [9.17, 15) is 4.79 Å². The Morgan fingerprint density at radius 2 is 1.69 bits per heavy atom. The highest BCUT2D eigenvalue weighted by atomic mass is 32.1. The van der Waals surface area contributed by atoms with Crippen molar-refractivity contribution >= 4 is 34.3 Å². The fourth-order valence-electron chi connectivity index (χ4n) is 2.98. The molecule has 136 valence electrons. The minimum atomic E-state index is -0.0715. The highest BCUT2D eigenvalue weighted by Crippen LogP contribution is 2.35. The van der Waals surface area contributed by atoms with Gasteiger partial charge in [-0.1, -0.05) is 52.0 Å². The van der Waals surface area contributed by atoms with Gasteiger partial charge in [0.05, 0.1) is 10.6 Å². The molecular formula is C21H24N2OS2. The number of carbonyl (C=O) groups is 1. The quantitative estimate of drug-likeness (QED) is 0.533. The van der Waals surface area contributed by atoms with Crippen molar-refractivity contribution in [1.82, 2.24) is 4.98 Å². The normalized spacial score (nSPS) is 11.3. The van der Waals surface area contributed by atoms with Crippen LogP contribution in [0.5, 0.6) is 0 Å². The number of para-hydroxylation sites is 1. The molecule has 26 heavy (non-hydrogen) atoms. The van der Waals surface area contributed by atoms with E-state index in [1.54, 1.807) is 11.3 Å². The van der Waals surface area contributed by atoms with Crippen molar-refractivity contribution < 1.29 is 4.79 Å². The molecule has 1 amide bonds. The van der Waals surface area contributed by atoms with Gasteiger partial charge in [-0.15, -0.1) is 22.7 Å². The second kappa shape index (κ2) is 7.72.